The molecule has 3 N–H and O–H groups in total. The van der Waals surface area contributed by atoms with Crippen LogP contribution in [0.1, 0.15) is 38.3 Å². The van der Waals surface area contributed by atoms with E-state index in [0.717, 1.165) is 24.7 Å². The maximum absolute atomic E-state index is 12.2. The van der Waals surface area contributed by atoms with Crippen molar-refractivity contribution in [2.24, 2.45) is 11.7 Å². The number of likely N-dealkylation sites (N-methyl/N-ethyl adjacent to an activating group) is 1. The molecule has 2 atom stereocenters. The smallest absolute Gasteiger partial charge is 0.224 e. The topological polar surface area (TPSA) is 58.4 Å². The summed E-state index contributed by atoms with van der Waals surface area (Å²) in [6.45, 7) is 6.76. The minimum Gasteiger partial charge on any atom is -0.355 e. The number of carbonyl (C=O) groups excluding carboxylic acids is 1. The number of hydrogen-bond donors (Lipinski definition) is 2. The van der Waals surface area contributed by atoms with Crippen LogP contribution in [0.3, 0.4) is 0 Å². The molecule has 1 aliphatic rings. The maximum atomic E-state index is 12.2. The molecular formula is C17H27N3O. The molecule has 0 heterocycles. The van der Waals surface area contributed by atoms with Crippen molar-refractivity contribution in [3.05, 3.63) is 35.9 Å². The van der Waals surface area contributed by atoms with Crippen molar-refractivity contribution in [2.75, 3.05) is 19.6 Å². The Morgan fingerprint density at radius 2 is 2.05 bits per heavy atom. The van der Waals surface area contributed by atoms with Crippen LogP contribution >= 0.6 is 0 Å². The van der Waals surface area contributed by atoms with E-state index in [2.05, 4.69) is 17.1 Å². The summed E-state index contributed by atoms with van der Waals surface area (Å²) < 4.78 is 0. The fourth-order valence-electron chi connectivity index (χ4n) is 2.65. The van der Waals surface area contributed by atoms with Gasteiger partial charge in [0.1, 0.15) is 0 Å². The van der Waals surface area contributed by atoms with Gasteiger partial charge in [-0.05, 0) is 24.9 Å². The van der Waals surface area contributed by atoms with Gasteiger partial charge in [0.2, 0.25) is 5.91 Å². The van der Waals surface area contributed by atoms with E-state index in [4.69, 9.17) is 5.73 Å². The third-order valence-electron chi connectivity index (χ3n) is 4.30. The van der Waals surface area contributed by atoms with Gasteiger partial charge in [0.05, 0.1) is 5.92 Å². The predicted molar refractivity (Wildman–Crippen MR) is 85.8 cm³/mol. The molecule has 1 fully saturated rings. The van der Waals surface area contributed by atoms with Gasteiger partial charge in [0.15, 0.2) is 0 Å². The lowest BCUT2D eigenvalue weighted by Gasteiger charge is -2.22. The van der Waals surface area contributed by atoms with Crippen molar-refractivity contribution in [1.29, 1.82) is 0 Å². The predicted octanol–water partition coefficient (Wildman–Crippen LogP) is 1.92. The summed E-state index contributed by atoms with van der Waals surface area (Å²) in [5, 5.41) is 3.02. The van der Waals surface area contributed by atoms with Gasteiger partial charge in [-0.2, -0.15) is 0 Å². The largest absolute Gasteiger partial charge is 0.355 e. The van der Waals surface area contributed by atoms with E-state index in [-0.39, 0.29) is 17.9 Å². The van der Waals surface area contributed by atoms with Crippen molar-refractivity contribution in [3.63, 3.8) is 0 Å². The van der Waals surface area contributed by atoms with Crippen molar-refractivity contribution >= 4 is 5.91 Å². The zero-order chi connectivity index (χ0) is 15.2. The molecule has 4 nitrogen and oxygen atoms in total. The number of carbonyl (C=O) groups is 1. The van der Waals surface area contributed by atoms with Crippen molar-refractivity contribution in [1.82, 2.24) is 10.2 Å². The molecule has 1 aromatic rings. The summed E-state index contributed by atoms with van der Waals surface area (Å²) in [6.07, 6.45) is 2.61. The second-order valence-electron chi connectivity index (χ2n) is 5.88. The van der Waals surface area contributed by atoms with Crippen molar-refractivity contribution in [2.45, 2.75) is 38.8 Å². The van der Waals surface area contributed by atoms with Crippen LogP contribution in [0, 0.1) is 5.92 Å². The summed E-state index contributed by atoms with van der Waals surface area (Å²) in [7, 11) is 0. The van der Waals surface area contributed by atoms with E-state index >= 15 is 0 Å². The normalized spacial score (nSPS) is 17.5. The molecule has 1 saturated carbocycles. The Kier molecular flexibility index (Phi) is 5.76. The lowest BCUT2D eigenvalue weighted by atomic mass is 9.95. The molecule has 0 aromatic heterocycles. The highest BCUT2D eigenvalue weighted by Crippen LogP contribution is 2.25. The average molecular weight is 289 g/mol. The molecule has 2 unspecified atom stereocenters. The molecule has 2 rings (SSSR count). The number of nitrogens with zero attached hydrogens (tertiary/aromatic N) is 1. The number of hydrogen-bond acceptors (Lipinski definition) is 3. The molecule has 0 aliphatic heterocycles. The van der Waals surface area contributed by atoms with Gasteiger partial charge in [0.25, 0.3) is 0 Å². The Balaban J connectivity index is 1.76. The molecule has 1 amide bonds. The van der Waals surface area contributed by atoms with E-state index in [1.807, 2.05) is 37.3 Å². The van der Waals surface area contributed by atoms with Crippen LogP contribution in [0.15, 0.2) is 30.3 Å². The lowest BCUT2D eigenvalue weighted by molar-refractivity contribution is -0.125. The van der Waals surface area contributed by atoms with Crippen LogP contribution in [0.4, 0.5) is 0 Å². The third-order valence-corrected chi connectivity index (χ3v) is 4.30. The molecule has 21 heavy (non-hydrogen) atoms. The summed E-state index contributed by atoms with van der Waals surface area (Å²) in [5.41, 5.74) is 7.19. The van der Waals surface area contributed by atoms with E-state index in [1.54, 1.807) is 0 Å². The molecule has 0 saturated heterocycles. The van der Waals surface area contributed by atoms with E-state index in [1.165, 1.54) is 12.8 Å². The van der Waals surface area contributed by atoms with Gasteiger partial charge in [-0.15, -0.1) is 0 Å². The van der Waals surface area contributed by atoms with E-state index in [9.17, 15) is 4.79 Å². The Bertz CT molecular complexity index is 445. The lowest BCUT2D eigenvalue weighted by Crippen LogP contribution is -2.40. The van der Waals surface area contributed by atoms with Gasteiger partial charge in [-0.25, -0.2) is 0 Å². The van der Waals surface area contributed by atoms with Crippen LogP contribution in [0.25, 0.3) is 0 Å². The molecule has 116 valence electrons. The number of nitrogens with one attached hydrogen (secondary N) is 1. The molecule has 4 heteroatoms. The Hall–Kier alpha value is -1.39. The average Bonchev–Trinajstić information content (AvgIpc) is 3.35. The van der Waals surface area contributed by atoms with Gasteiger partial charge in [-0.3, -0.25) is 9.69 Å². The molecule has 0 spiro atoms. The fraction of sp³-hybridized carbons (Fsp3) is 0.588. The Morgan fingerprint density at radius 3 is 2.62 bits per heavy atom. The summed E-state index contributed by atoms with van der Waals surface area (Å²) in [6, 6.07) is 10.3. The van der Waals surface area contributed by atoms with Gasteiger partial charge < -0.3 is 11.1 Å². The summed E-state index contributed by atoms with van der Waals surface area (Å²) in [5.74, 6) is -0.179. The van der Waals surface area contributed by atoms with Gasteiger partial charge >= 0.3 is 0 Å². The van der Waals surface area contributed by atoms with E-state index in [0.29, 0.717) is 6.54 Å². The quantitative estimate of drug-likeness (QED) is 0.769. The fourth-order valence-corrected chi connectivity index (χ4v) is 2.65. The first kappa shape index (κ1) is 16.0. The molecule has 0 bridgehead atoms. The Morgan fingerprint density at radius 1 is 1.38 bits per heavy atom. The standard InChI is InChI=1S/C17H27N3O/c1-3-20(15-9-10-15)12-11-19-17(21)13(2)16(18)14-7-5-4-6-8-14/h4-8,13,15-16H,3,9-12,18H2,1-2H3,(H,19,21). The number of rotatable bonds is 8. The molecule has 1 aliphatic carbocycles. The van der Waals surface area contributed by atoms with Crippen LogP contribution in [0.5, 0.6) is 0 Å². The number of benzene rings is 1. The van der Waals surface area contributed by atoms with Crippen molar-refractivity contribution in [3.8, 4) is 0 Å². The highest BCUT2D eigenvalue weighted by molar-refractivity contribution is 5.79. The van der Waals surface area contributed by atoms with Crippen LogP contribution in [-0.4, -0.2) is 36.5 Å². The zero-order valence-corrected chi connectivity index (χ0v) is 13.1. The van der Waals surface area contributed by atoms with Crippen LogP contribution in [0.2, 0.25) is 0 Å². The van der Waals surface area contributed by atoms with Crippen LogP contribution in [-0.2, 0) is 4.79 Å². The number of amides is 1. The first-order chi connectivity index (χ1) is 10.1. The second-order valence-corrected chi connectivity index (χ2v) is 5.88. The minimum absolute atomic E-state index is 0.0400. The molecule has 0 radical (unpaired) electrons. The highest BCUT2D eigenvalue weighted by atomic mass is 16.1. The third kappa shape index (κ3) is 4.55. The second kappa shape index (κ2) is 7.57. The van der Waals surface area contributed by atoms with Gasteiger partial charge in [0, 0.05) is 25.2 Å². The zero-order valence-electron chi connectivity index (χ0n) is 13.1. The Labute approximate surface area is 127 Å². The summed E-state index contributed by atoms with van der Waals surface area (Å²) >= 11 is 0. The van der Waals surface area contributed by atoms with Crippen molar-refractivity contribution < 1.29 is 4.79 Å². The summed E-state index contributed by atoms with van der Waals surface area (Å²) in [4.78, 5) is 14.6. The highest BCUT2D eigenvalue weighted by Gasteiger charge is 2.27. The minimum atomic E-state index is -0.253. The van der Waals surface area contributed by atoms with Crippen LogP contribution < -0.4 is 11.1 Å². The molecule has 1 aromatic carbocycles. The van der Waals surface area contributed by atoms with Gasteiger partial charge in [-0.1, -0.05) is 44.2 Å². The first-order valence-corrected chi connectivity index (χ1v) is 7.95. The maximum Gasteiger partial charge on any atom is 0.224 e. The van der Waals surface area contributed by atoms with E-state index < -0.39 is 0 Å². The molecular weight excluding hydrogens is 262 g/mol. The first-order valence-electron chi connectivity index (χ1n) is 7.95. The monoisotopic (exact) mass is 289 g/mol. The number of nitrogens with two attached hydrogens (primary N) is 1. The SMILES string of the molecule is CCN(CCNC(=O)C(C)C(N)c1ccccc1)C1CC1.